The molecular weight excluding hydrogens is 820 g/mol. The summed E-state index contributed by atoms with van der Waals surface area (Å²) in [5.74, 6) is 0. The molecule has 11 aromatic rings. The average molecular weight is 871 g/mol. The molecule has 15 rings (SSSR count). The maximum absolute atomic E-state index is 2.74. The molecule has 3 aliphatic heterocycles. The molecule has 0 fully saturated rings. The van der Waals surface area contributed by atoms with Crippen molar-refractivity contribution < 1.29 is 0 Å². The molecule has 0 amide bonds. The Morgan fingerprint density at radius 1 is 0.441 bits per heavy atom. The summed E-state index contributed by atoms with van der Waals surface area (Å²) in [5.41, 5.74) is 29.0. The van der Waals surface area contributed by atoms with E-state index < -0.39 is 5.41 Å². The molecule has 0 radical (unpaired) electrons. The number of rotatable bonds is 2. The lowest BCUT2D eigenvalue weighted by Crippen LogP contribution is -2.60. The maximum atomic E-state index is 2.74. The van der Waals surface area contributed by atoms with Crippen molar-refractivity contribution in [3.63, 3.8) is 0 Å². The number of hydrogen-bond donors (Lipinski definition) is 0. The molecule has 1 aliphatic carbocycles. The zero-order chi connectivity index (χ0) is 45.9. The van der Waals surface area contributed by atoms with E-state index in [4.69, 9.17) is 0 Å². The lowest BCUT2D eigenvalue weighted by Gasteiger charge is -2.44. The molecule has 2 aromatic heterocycles. The first-order valence-corrected chi connectivity index (χ1v) is 24.6. The van der Waals surface area contributed by atoms with Gasteiger partial charge in [0.2, 0.25) is 0 Å². The molecule has 0 N–H and O–H groups in total. The summed E-state index contributed by atoms with van der Waals surface area (Å²) in [6.07, 6.45) is 0. The molecule has 0 saturated carbocycles. The van der Waals surface area contributed by atoms with Crippen molar-refractivity contribution in [3.8, 4) is 44.9 Å². The van der Waals surface area contributed by atoms with Crippen LogP contribution >= 0.6 is 0 Å². The van der Waals surface area contributed by atoms with E-state index in [1.54, 1.807) is 0 Å². The standard InChI is InChI=1S/C65H51BN2/c1-36-31-46-47-32-37(2)34-53-60(47)68-59(46)52(33-36)65(49-19-13-11-17-44(49)45-18-12-14-20-50(45)65)51-29-30-54-57(62(51)68)66(53)56-43-16-10-9-15-40(43)35-48-55(38-21-25-41(26-22-38)63(3,4)5)58(67(54)61(48)56)39-23-27-42(28-24-39)64(6,7)8/h9-35H,1-8H3. The smallest absolute Gasteiger partial charge is 0.253 e. The summed E-state index contributed by atoms with van der Waals surface area (Å²) in [6.45, 7) is 18.5. The van der Waals surface area contributed by atoms with Gasteiger partial charge in [-0.3, -0.25) is 0 Å². The van der Waals surface area contributed by atoms with Crippen LogP contribution in [0.15, 0.2) is 164 Å². The van der Waals surface area contributed by atoms with E-state index in [2.05, 4.69) is 228 Å². The van der Waals surface area contributed by atoms with Crippen molar-refractivity contribution in [2.24, 2.45) is 0 Å². The van der Waals surface area contributed by atoms with Gasteiger partial charge >= 0.3 is 0 Å². The van der Waals surface area contributed by atoms with E-state index in [0.29, 0.717) is 0 Å². The van der Waals surface area contributed by atoms with Crippen LogP contribution in [0.3, 0.4) is 0 Å². The summed E-state index contributed by atoms with van der Waals surface area (Å²) in [4.78, 5) is 0. The fraction of sp³-hybridized carbons (Fsp3) is 0.169. The van der Waals surface area contributed by atoms with Crippen molar-refractivity contribution >= 4 is 66.6 Å². The highest BCUT2D eigenvalue weighted by molar-refractivity contribution is 7.01. The summed E-state index contributed by atoms with van der Waals surface area (Å²) < 4.78 is 5.46. The molecule has 68 heavy (non-hydrogen) atoms. The molecular formula is C65H51BN2. The van der Waals surface area contributed by atoms with Gasteiger partial charge in [-0.1, -0.05) is 192 Å². The Morgan fingerprint density at radius 2 is 1.03 bits per heavy atom. The molecule has 324 valence electrons. The van der Waals surface area contributed by atoms with Crippen molar-refractivity contribution in [3.05, 3.63) is 208 Å². The van der Waals surface area contributed by atoms with Crippen LogP contribution in [0, 0.1) is 13.8 Å². The van der Waals surface area contributed by atoms with Gasteiger partial charge in [0.15, 0.2) is 0 Å². The van der Waals surface area contributed by atoms with Crippen LogP contribution in [-0.2, 0) is 16.2 Å². The summed E-state index contributed by atoms with van der Waals surface area (Å²) in [6, 6.07) is 64.5. The van der Waals surface area contributed by atoms with E-state index in [-0.39, 0.29) is 17.5 Å². The van der Waals surface area contributed by atoms with Crippen LogP contribution in [0.1, 0.15) is 86.1 Å². The predicted molar refractivity (Wildman–Crippen MR) is 288 cm³/mol. The Bertz CT molecular complexity index is 4060. The molecule has 3 heteroatoms. The van der Waals surface area contributed by atoms with E-state index in [1.807, 2.05) is 0 Å². The van der Waals surface area contributed by atoms with Crippen LogP contribution in [0.5, 0.6) is 0 Å². The van der Waals surface area contributed by atoms with Gasteiger partial charge in [0, 0.05) is 38.6 Å². The molecule has 0 atom stereocenters. The molecule has 0 saturated heterocycles. The molecule has 0 bridgehead atoms. The van der Waals surface area contributed by atoms with Crippen LogP contribution < -0.4 is 16.4 Å². The second kappa shape index (κ2) is 12.6. The van der Waals surface area contributed by atoms with Crippen LogP contribution in [0.4, 0.5) is 0 Å². The third kappa shape index (κ3) is 4.56. The highest BCUT2D eigenvalue weighted by Gasteiger charge is 2.54. The Hall–Kier alpha value is -7.36. The summed E-state index contributed by atoms with van der Waals surface area (Å²) in [5, 5.41) is 6.63. The fourth-order valence-electron chi connectivity index (χ4n) is 13.9. The Labute approximate surface area is 398 Å². The van der Waals surface area contributed by atoms with E-state index in [1.165, 1.54) is 149 Å². The first kappa shape index (κ1) is 38.7. The van der Waals surface area contributed by atoms with Gasteiger partial charge in [-0.15, -0.1) is 0 Å². The zero-order valence-corrected chi connectivity index (χ0v) is 40.1. The summed E-state index contributed by atoms with van der Waals surface area (Å²) >= 11 is 0. The molecule has 9 aromatic carbocycles. The second-order valence-corrected chi connectivity index (χ2v) is 22.6. The number of aromatic nitrogens is 2. The highest BCUT2D eigenvalue weighted by atomic mass is 15.1. The third-order valence-corrected chi connectivity index (χ3v) is 16.7. The minimum Gasteiger partial charge on any atom is -0.310 e. The van der Waals surface area contributed by atoms with Crippen molar-refractivity contribution in [1.29, 1.82) is 0 Å². The maximum Gasteiger partial charge on any atom is 0.253 e. The van der Waals surface area contributed by atoms with Gasteiger partial charge in [0.1, 0.15) is 0 Å². The van der Waals surface area contributed by atoms with Crippen molar-refractivity contribution in [2.45, 2.75) is 71.6 Å². The van der Waals surface area contributed by atoms with Crippen LogP contribution in [0.25, 0.3) is 88.4 Å². The third-order valence-electron chi connectivity index (χ3n) is 16.7. The number of benzene rings is 9. The van der Waals surface area contributed by atoms with Gasteiger partial charge in [-0.25, -0.2) is 0 Å². The van der Waals surface area contributed by atoms with Gasteiger partial charge in [-0.05, 0) is 132 Å². The number of aryl methyl sites for hydroxylation is 2. The molecule has 1 spiro atoms. The largest absolute Gasteiger partial charge is 0.310 e. The first-order valence-electron chi connectivity index (χ1n) is 24.6. The minimum atomic E-state index is -0.514. The Kier molecular flexibility index (Phi) is 7.17. The average Bonchev–Trinajstić information content (AvgIpc) is 3.95. The van der Waals surface area contributed by atoms with Crippen molar-refractivity contribution in [1.82, 2.24) is 9.13 Å². The Morgan fingerprint density at radius 3 is 1.69 bits per heavy atom. The van der Waals surface area contributed by atoms with Crippen LogP contribution in [0.2, 0.25) is 0 Å². The molecule has 2 nitrogen and oxygen atoms in total. The molecule has 4 aliphatic rings. The fourth-order valence-corrected chi connectivity index (χ4v) is 13.9. The molecule has 5 heterocycles. The number of fused-ring (bicyclic) bond motifs is 13. The zero-order valence-electron chi connectivity index (χ0n) is 40.1. The first-order chi connectivity index (χ1) is 32.8. The topological polar surface area (TPSA) is 9.86 Å². The van der Waals surface area contributed by atoms with Crippen molar-refractivity contribution in [2.75, 3.05) is 0 Å². The quantitative estimate of drug-likeness (QED) is 0.153. The highest BCUT2D eigenvalue weighted by Crippen LogP contribution is 2.62. The van der Waals surface area contributed by atoms with E-state index in [0.717, 1.165) is 0 Å². The minimum absolute atomic E-state index is 0.00557. The number of nitrogens with zero attached hydrogens (tertiary/aromatic N) is 2. The van der Waals surface area contributed by atoms with E-state index >= 15 is 0 Å². The van der Waals surface area contributed by atoms with Gasteiger partial charge in [0.25, 0.3) is 6.71 Å². The van der Waals surface area contributed by atoms with Gasteiger partial charge in [0.05, 0.1) is 22.1 Å². The molecule has 0 unspecified atom stereocenters. The number of hydrogen-bond acceptors (Lipinski definition) is 0. The van der Waals surface area contributed by atoms with Crippen LogP contribution in [-0.4, -0.2) is 15.8 Å². The predicted octanol–water partition coefficient (Wildman–Crippen LogP) is 14.2. The lowest BCUT2D eigenvalue weighted by atomic mass is 9.33. The monoisotopic (exact) mass is 870 g/mol. The second-order valence-electron chi connectivity index (χ2n) is 22.6. The SMILES string of the molecule is Cc1cc2c3c(c1)c1cc(C)cc4c1n3-c1c(ccc3c1B2c1c2ccccc2cc2c(-c5ccc(C(C)(C)C)cc5)c(-c5ccc(C(C)(C)C)cc5)n-3c12)C41c2ccccc2-c2ccccc21. The normalized spacial score (nSPS) is 14.6. The summed E-state index contributed by atoms with van der Waals surface area (Å²) in [7, 11) is 0. The Balaban J connectivity index is 1.18. The lowest BCUT2D eigenvalue weighted by molar-refractivity contribution is 0.590. The van der Waals surface area contributed by atoms with E-state index in [9.17, 15) is 0 Å². The van der Waals surface area contributed by atoms with Gasteiger partial charge in [-0.2, -0.15) is 0 Å². The van der Waals surface area contributed by atoms with Gasteiger partial charge < -0.3 is 9.13 Å².